The monoisotopic (exact) mass is 465 g/mol. The van der Waals surface area contributed by atoms with Crippen molar-refractivity contribution in [2.45, 2.75) is 6.10 Å². The molecule has 1 unspecified atom stereocenters. The van der Waals surface area contributed by atoms with Crippen LogP contribution in [0.25, 0.3) is 22.5 Å². The van der Waals surface area contributed by atoms with E-state index < -0.39 is 5.82 Å². The molecule has 33 heavy (non-hydrogen) atoms. The zero-order valence-corrected chi connectivity index (χ0v) is 18.3. The fraction of sp³-hybridized carbons (Fsp3) is 0.174. The number of halogens is 2. The van der Waals surface area contributed by atoms with Crippen molar-refractivity contribution in [3.8, 4) is 22.5 Å². The van der Waals surface area contributed by atoms with Crippen molar-refractivity contribution < 1.29 is 9.13 Å². The number of imidazole rings is 1. The summed E-state index contributed by atoms with van der Waals surface area (Å²) in [6.45, 7) is 1.60. The van der Waals surface area contributed by atoms with Crippen molar-refractivity contribution in [1.82, 2.24) is 19.9 Å². The molecule has 5 rings (SSSR count). The van der Waals surface area contributed by atoms with Gasteiger partial charge in [-0.2, -0.15) is 4.98 Å². The lowest BCUT2D eigenvalue weighted by Gasteiger charge is -2.33. The Hall–Kier alpha value is -3.69. The van der Waals surface area contributed by atoms with Crippen LogP contribution in [0, 0.1) is 5.82 Å². The van der Waals surface area contributed by atoms with Gasteiger partial charge in [-0.25, -0.2) is 14.4 Å². The Morgan fingerprint density at radius 2 is 1.97 bits per heavy atom. The maximum Gasteiger partial charge on any atom is 0.222 e. The molecule has 1 fully saturated rings. The van der Waals surface area contributed by atoms with Gasteiger partial charge in [-0.3, -0.25) is 0 Å². The van der Waals surface area contributed by atoms with Gasteiger partial charge in [-0.05, 0) is 24.3 Å². The molecule has 0 saturated carbocycles. The van der Waals surface area contributed by atoms with Gasteiger partial charge in [0.25, 0.3) is 0 Å². The molecule has 1 aliphatic rings. The first-order chi connectivity index (χ1) is 16.0. The number of morpholine rings is 1. The number of benzene rings is 2. The van der Waals surface area contributed by atoms with Gasteiger partial charge in [0.15, 0.2) is 0 Å². The summed E-state index contributed by atoms with van der Waals surface area (Å²) < 4.78 is 19.9. The number of hydrogen-bond acceptors (Lipinski definition) is 7. The molecule has 0 spiro atoms. The number of aromatic amines is 1. The molecule has 0 bridgehead atoms. The second kappa shape index (κ2) is 8.68. The second-order valence-corrected chi connectivity index (χ2v) is 8.14. The van der Waals surface area contributed by atoms with Gasteiger partial charge in [0.1, 0.15) is 23.6 Å². The van der Waals surface area contributed by atoms with Crippen LogP contribution in [0.3, 0.4) is 0 Å². The molecule has 168 valence electrons. The molecule has 0 aliphatic carbocycles. The Kier molecular flexibility index (Phi) is 5.57. The van der Waals surface area contributed by atoms with Crippen LogP contribution < -0.4 is 16.4 Å². The Morgan fingerprint density at radius 3 is 2.79 bits per heavy atom. The molecule has 1 saturated heterocycles. The number of nitrogen functional groups attached to an aromatic ring is 2. The molecule has 4 aromatic rings. The summed E-state index contributed by atoms with van der Waals surface area (Å²) in [5, 5.41) is 0.655. The molecule has 10 heteroatoms. The minimum Gasteiger partial charge on any atom is -0.396 e. The molecule has 8 nitrogen and oxygen atoms in total. The van der Waals surface area contributed by atoms with E-state index in [-0.39, 0.29) is 17.7 Å². The Morgan fingerprint density at radius 1 is 1.09 bits per heavy atom. The fourth-order valence-corrected chi connectivity index (χ4v) is 3.96. The minimum atomic E-state index is -0.508. The van der Waals surface area contributed by atoms with Gasteiger partial charge in [0, 0.05) is 28.8 Å². The zero-order valence-electron chi connectivity index (χ0n) is 17.5. The van der Waals surface area contributed by atoms with Crippen LogP contribution in [0.15, 0.2) is 54.7 Å². The molecule has 2 aromatic carbocycles. The van der Waals surface area contributed by atoms with Crippen LogP contribution in [0.4, 0.5) is 21.8 Å². The first-order valence-corrected chi connectivity index (χ1v) is 10.7. The van der Waals surface area contributed by atoms with Gasteiger partial charge in [-0.1, -0.05) is 29.8 Å². The number of hydrogen-bond donors (Lipinski definition) is 3. The first kappa shape index (κ1) is 21.2. The van der Waals surface area contributed by atoms with Crippen molar-refractivity contribution >= 4 is 29.1 Å². The van der Waals surface area contributed by atoms with Crippen molar-refractivity contribution in [1.29, 1.82) is 0 Å². The maximum atomic E-state index is 14.0. The third-order valence-corrected chi connectivity index (χ3v) is 5.69. The standard InChI is InChI=1S/C23H21ClFN7O/c24-15-3-1-2-13(8-15)19-11-28-22(29-19)20-12-32(6-7-33-20)21-10-18(30-23(27)31-21)14-4-5-17(26)16(25)9-14/h1-5,8-11,20H,6-7,12,26H2,(H,28,29)(H2,27,30,31). The van der Waals surface area contributed by atoms with Gasteiger partial charge < -0.3 is 26.1 Å². The predicted octanol–water partition coefficient (Wildman–Crippen LogP) is 4.07. The number of H-pyrrole nitrogens is 1. The zero-order chi connectivity index (χ0) is 22.9. The van der Waals surface area contributed by atoms with E-state index in [4.69, 9.17) is 27.8 Å². The summed E-state index contributed by atoms with van der Waals surface area (Å²) in [6, 6.07) is 13.9. The third-order valence-electron chi connectivity index (χ3n) is 5.45. The lowest BCUT2D eigenvalue weighted by molar-refractivity contribution is 0.0343. The van der Waals surface area contributed by atoms with E-state index in [1.165, 1.54) is 12.1 Å². The molecule has 1 aliphatic heterocycles. The number of nitrogens with zero attached hydrogens (tertiary/aromatic N) is 4. The van der Waals surface area contributed by atoms with Crippen LogP contribution in [0.5, 0.6) is 0 Å². The highest BCUT2D eigenvalue weighted by atomic mass is 35.5. The van der Waals surface area contributed by atoms with E-state index in [1.54, 1.807) is 18.3 Å². The molecule has 3 heterocycles. The van der Waals surface area contributed by atoms with Gasteiger partial charge in [0.05, 0.1) is 36.4 Å². The first-order valence-electron chi connectivity index (χ1n) is 10.3. The average molecular weight is 466 g/mol. The average Bonchev–Trinajstić information content (AvgIpc) is 3.31. The number of nitrogens with one attached hydrogen (secondary N) is 1. The van der Waals surface area contributed by atoms with Crippen molar-refractivity contribution in [2.24, 2.45) is 0 Å². The predicted molar refractivity (Wildman–Crippen MR) is 126 cm³/mol. The Bertz CT molecular complexity index is 1310. The number of anilines is 3. The highest BCUT2D eigenvalue weighted by molar-refractivity contribution is 6.30. The summed E-state index contributed by atoms with van der Waals surface area (Å²) in [5.41, 5.74) is 14.5. The number of aromatic nitrogens is 4. The highest BCUT2D eigenvalue weighted by Crippen LogP contribution is 2.29. The minimum absolute atomic E-state index is 0.0765. The quantitative estimate of drug-likeness (QED) is 0.388. The number of nitrogens with two attached hydrogens (primary N) is 2. The topological polar surface area (TPSA) is 119 Å². The Balaban J connectivity index is 1.39. The highest BCUT2D eigenvalue weighted by Gasteiger charge is 2.26. The molecular formula is C23H21ClFN7O. The van der Waals surface area contributed by atoms with Gasteiger partial charge >= 0.3 is 0 Å². The Labute approximate surface area is 194 Å². The number of ether oxygens (including phenoxy) is 1. The van der Waals surface area contributed by atoms with Gasteiger partial charge in [-0.15, -0.1) is 0 Å². The van der Waals surface area contributed by atoms with E-state index >= 15 is 0 Å². The van der Waals surface area contributed by atoms with Crippen LogP contribution in [0.1, 0.15) is 11.9 Å². The summed E-state index contributed by atoms with van der Waals surface area (Å²) in [7, 11) is 0. The summed E-state index contributed by atoms with van der Waals surface area (Å²) in [6.07, 6.45) is 1.47. The summed E-state index contributed by atoms with van der Waals surface area (Å²) in [5.74, 6) is 0.928. The summed E-state index contributed by atoms with van der Waals surface area (Å²) >= 11 is 6.11. The van der Waals surface area contributed by atoms with Crippen LogP contribution in [0.2, 0.25) is 5.02 Å². The third kappa shape index (κ3) is 4.46. The van der Waals surface area contributed by atoms with Crippen LogP contribution in [-0.2, 0) is 4.74 Å². The van der Waals surface area contributed by atoms with Crippen LogP contribution >= 0.6 is 11.6 Å². The smallest absolute Gasteiger partial charge is 0.222 e. The van der Waals surface area contributed by atoms with Gasteiger partial charge in [0.2, 0.25) is 5.95 Å². The maximum absolute atomic E-state index is 14.0. The molecule has 2 aromatic heterocycles. The largest absolute Gasteiger partial charge is 0.396 e. The fourth-order valence-electron chi connectivity index (χ4n) is 3.77. The SMILES string of the molecule is Nc1nc(-c2ccc(N)c(F)c2)cc(N2CCOC(c3ncc(-c4cccc(Cl)c4)[nH]3)C2)n1. The number of rotatable bonds is 4. The molecular weight excluding hydrogens is 445 g/mol. The van der Waals surface area contributed by atoms with E-state index in [0.717, 1.165) is 11.3 Å². The van der Waals surface area contributed by atoms with E-state index in [0.29, 0.717) is 47.6 Å². The van der Waals surface area contributed by atoms with E-state index in [2.05, 4.69) is 19.9 Å². The van der Waals surface area contributed by atoms with Crippen molar-refractivity contribution in [3.63, 3.8) is 0 Å². The van der Waals surface area contributed by atoms with Crippen LogP contribution in [-0.4, -0.2) is 39.6 Å². The lowest BCUT2D eigenvalue weighted by atomic mass is 10.1. The summed E-state index contributed by atoms with van der Waals surface area (Å²) in [4.78, 5) is 18.5. The molecule has 0 radical (unpaired) electrons. The van der Waals surface area contributed by atoms with Crippen molar-refractivity contribution in [2.75, 3.05) is 36.1 Å². The van der Waals surface area contributed by atoms with E-state index in [9.17, 15) is 4.39 Å². The molecule has 5 N–H and O–H groups in total. The molecule has 1 atom stereocenters. The molecule has 0 amide bonds. The second-order valence-electron chi connectivity index (χ2n) is 7.70. The van der Waals surface area contributed by atoms with Crippen molar-refractivity contribution in [3.05, 3.63) is 71.4 Å². The lowest BCUT2D eigenvalue weighted by Crippen LogP contribution is -2.39. The van der Waals surface area contributed by atoms with E-state index in [1.807, 2.05) is 29.2 Å². The normalized spacial score (nSPS) is 16.2.